The molecule has 1 aromatic carbocycles. The SMILES string of the molecule is N[C@@H]1CCC[C@H]1CC(=O)NC1CCN(c2ccccc2F)C1=O. The van der Waals surface area contributed by atoms with Gasteiger partial charge in [-0.1, -0.05) is 18.6 Å². The first kappa shape index (κ1) is 15.9. The highest BCUT2D eigenvalue weighted by atomic mass is 19.1. The molecule has 0 bridgehead atoms. The van der Waals surface area contributed by atoms with Crippen molar-refractivity contribution >= 4 is 17.5 Å². The Kier molecular flexibility index (Phi) is 4.61. The number of benzene rings is 1. The van der Waals surface area contributed by atoms with Gasteiger partial charge in [-0.25, -0.2) is 4.39 Å². The average Bonchev–Trinajstić information content (AvgIpc) is 3.07. The number of amides is 2. The number of nitrogens with zero attached hydrogens (tertiary/aromatic N) is 1. The van der Waals surface area contributed by atoms with Crippen molar-refractivity contribution in [2.24, 2.45) is 11.7 Å². The van der Waals surface area contributed by atoms with Gasteiger partial charge in [0, 0.05) is 19.0 Å². The van der Waals surface area contributed by atoms with E-state index < -0.39 is 11.9 Å². The highest BCUT2D eigenvalue weighted by Crippen LogP contribution is 2.27. The predicted octanol–water partition coefficient (Wildman–Crippen LogP) is 1.56. The summed E-state index contributed by atoms with van der Waals surface area (Å²) >= 11 is 0. The van der Waals surface area contributed by atoms with E-state index in [0.717, 1.165) is 19.3 Å². The van der Waals surface area contributed by atoms with E-state index in [4.69, 9.17) is 5.73 Å². The fraction of sp³-hybridized carbons (Fsp3) is 0.529. The zero-order valence-electron chi connectivity index (χ0n) is 13.0. The molecule has 23 heavy (non-hydrogen) atoms. The van der Waals surface area contributed by atoms with Crippen LogP contribution in [0.3, 0.4) is 0 Å². The van der Waals surface area contributed by atoms with Crippen LogP contribution in [-0.4, -0.2) is 30.4 Å². The molecule has 6 heteroatoms. The standard InChI is InChI=1S/C17H22FN3O2/c18-12-5-1-2-7-15(12)21-9-8-14(17(21)23)20-16(22)10-11-4-3-6-13(11)19/h1-2,5,7,11,13-14H,3-4,6,8-10,19H2,(H,20,22)/t11-,13+,14?/m0/s1. The van der Waals surface area contributed by atoms with Gasteiger partial charge in [0.25, 0.3) is 0 Å². The number of anilines is 1. The third-order valence-electron chi connectivity index (χ3n) is 4.85. The molecule has 2 fully saturated rings. The largest absolute Gasteiger partial charge is 0.344 e. The summed E-state index contributed by atoms with van der Waals surface area (Å²) in [6, 6.07) is 5.70. The Hall–Kier alpha value is -1.95. The van der Waals surface area contributed by atoms with Crippen molar-refractivity contribution in [1.29, 1.82) is 0 Å². The van der Waals surface area contributed by atoms with Crippen molar-refractivity contribution in [3.8, 4) is 0 Å². The molecule has 1 saturated carbocycles. The molecule has 5 nitrogen and oxygen atoms in total. The lowest BCUT2D eigenvalue weighted by Crippen LogP contribution is -2.43. The fourth-order valence-electron chi connectivity index (χ4n) is 3.53. The summed E-state index contributed by atoms with van der Waals surface area (Å²) in [6.45, 7) is 0.410. The summed E-state index contributed by atoms with van der Waals surface area (Å²) in [5, 5.41) is 2.79. The van der Waals surface area contributed by atoms with Crippen molar-refractivity contribution in [1.82, 2.24) is 5.32 Å². The summed E-state index contributed by atoms with van der Waals surface area (Å²) < 4.78 is 13.8. The Bertz CT molecular complexity index is 607. The van der Waals surface area contributed by atoms with E-state index >= 15 is 0 Å². The van der Waals surface area contributed by atoms with Crippen LogP contribution in [0.5, 0.6) is 0 Å². The third-order valence-corrected chi connectivity index (χ3v) is 4.85. The van der Waals surface area contributed by atoms with Gasteiger partial charge >= 0.3 is 0 Å². The summed E-state index contributed by atoms with van der Waals surface area (Å²) in [5.74, 6) is -0.612. The van der Waals surface area contributed by atoms with Gasteiger partial charge in [0.1, 0.15) is 11.9 Å². The maximum absolute atomic E-state index is 13.8. The van der Waals surface area contributed by atoms with Crippen LogP contribution in [0, 0.1) is 11.7 Å². The minimum absolute atomic E-state index is 0.0787. The maximum atomic E-state index is 13.8. The number of hydrogen-bond donors (Lipinski definition) is 2. The molecule has 0 aromatic heterocycles. The molecule has 1 aliphatic heterocycles. The Balaban J connectivity index is 1.59. The number of rotatable bonds is 4. The molecule has 3 rings (SSSR count). The van der Waals surface area contributed by atoms with Crippen LogP contribution in [0.25, 0.3) is 0 Å². The number of carbonyl (C=O) groups is 2. The number of nitrogens with one attached hydrogen (secondary N) is 1. The van der Waals surface area contributed by atoms with E-state index in [2.05, 4.69) is 5.32 Å². The Morgan fingerprint density at radius 1 is 1.30 bits per heavy atom. The molecule has 1 aromatic rings. The lowest BCUT2D eigenvalue weighted by Gasteiger charge is -2.19. The first-order valence-corrected chi connectivity index (χ1v) is 8.17. The minimum Gasteiger partial charge on any atom is -0.344 e. The van der Waals surface area contributed by atoms with E-state index in [9.17, 15) is 14.0 Å². The summed E-state index contributed by atoms with van der Waals surface area (Å²) in [5.41, 5.74) is 6.25. The van der Waals surface area contributed by atoms with Crippen molar-refractivity contribution < 1.29 is 14.0 Å². The van der Waals surface area contributed by atoms with Gasteiger partial charge in [-0.15, -0.1) is 0 Å². The molecule has 1 heterocycles. The molecule has 2 aliphatic rings. The van der Waals surface area contributed by atoms with Gasteiger partial charge in [0.2, 0.25) is 11.8 Å². The van der Waals surface area contributed by atoms with Gasteiger partial charge in [0.05, 0.1) is 5.69 Å². The van der Waals surface area contributed by atoms with Crippen LogP contribution in [0.2, 0.25) is 0 Å². The average molecular weight is 319 g/mol. The molecule has 1 saturated heterocycles. The quantitative estimate of drug-likeness (QED) is 0.884. The van der Waals surface area contributed by atoms with E-state index in [1.54, 1.807) is 18.2 Å². The number of nitrogens with two attached hydrogens (primary N) is 1. The van der Waals surface area contributed by atoms with Gasteiger partial charge in [-0.2, -0.15) is 0 Å². The number of hydrogen-bond acceptors (Lipinski definition) is 3. The Labute approximate surface area is 135 Å². The van der Waals surface area contributed by atoms with E-state index in [1.165, 1.54) is 11.0 Å². The van der Waals surface area contributed by atoms with Crippen molar-refractivity contribution in [2.45, 2.75) is 44.2 Å². The van der Waals surface area contributed by atoms with Gasteiger partial charge in [0.15, 0.2) is 0 Å². The van der Waals surface area contributed by atoms with Crippen LogP contribution < -0.4 is 16.0 Å². The second-order valence-electron chi connectivity index (χ2n) is 6.41. The smallest absolute Gasteiger partial charge is 0.249 e. The van der Waals surface area contributed by atoms with E-state index in [0.29, 0.717) is 19.4 Å². The minimum atomic E-state index is -0.570. The molecule has 124 valence electrons. The predicted molar refractivity (Wildman–Crippen MR) is 85.2 cm³/mol. The molecule has 1 aliphatic carbocycles. The lowest BCUT2D eigenvalue weighted by atomic mass is 9.99. The highest BCUT2D eigenvalue weighted by molar-refractivity contribution is 6.01. The molecular weight excluding hydrogens is 297 g/mol. The van der Waals surface area contributed by atoms with Gasteiger partial charge in [-0.05, 0) is 37.3 Å². The third kappa shape index (κ3) is 3.37. The highest BCUT2D eigenvalue weighted by Gasteiger charge is 2.35. The molecule has 1 unspecified atom stereocenters. The second-order valence-corrected chi connectivity index (χ2v) is 6.41. The van der Waals surface area contributed by atoms with Crippen LogP contribution in [0.4, 0.5) is 10.1 Å². The van der Waals surface area contributed by atoms with Crippen molar-refractivity contribution in [3.05, 3.63) is 30.1 Å². The van der Waals surface area contributed by atoms with Crippen LogP contribution >= 0.6 is 0 Å². The summed E-state index contributed by atoms with van der Waals surface area (Å²) in [4.78, 5) is 26.0. The molecule has 2 amide bonds. The van der Waals surface area contributed by atoms with Gasteiger partial charge in [-0.3, -0.25) is 9.59 Å². The molecular formula is C17H22FN3O2. The summed E-state index contributed by atoms with van der Waals surface area (Å²) in [6.07, 6.45) is 3.85. The first-order valence-electron chi connectivity index (χ1n) is 8.17. The maximum Gasteiger partial charge on any atom is 0.249 e. The number of halogens is 1. The Morgan fingerprint density at radius 3 is 2.78 bits per heavy atom. The normalized spacial score (nSPS) is 27.5. The Morgan fingerprint density at radius 2 is 2.09 bits per heavy atom. The molecule has 3 N–H and O–H groups in total. The number of para-hydroxylation sites is 1. The molecule has 0 radical (unpaired) electrons. The fourth-order valence-corrected chi connectivity index (χ4v) is 3.53. The first-order chi connectivity index (χ1) is 11.1. The van der Waals surface area contributed by atoms with Crippen molar-refractivity contribution in [3.63, 3.8) is 0 Å². The topological polar surface area (TPSA) is 75.4 Å². The lowest BCUT2D eigenvalue weighted by molar-refractivity contribution is -0.127. The van der Waals surface area contributed by atoms with Crippen LogP contribution in [0.15, 0.2) is 24.3 Å². The monoisotopic (exact) mass is 319 g/mol. The van der Waals surface area contributed by atoms with Crippen LogP contribution in [0.1, 0.15) is 32.1 Å². The number of carbonyl (C=O) groups excluding carboxylic acids is 2. The zero-order chi connectivity index (χ0) is 16.4. The second kappa shape index (κ2) is 6.66. The molecule has 0 spiro atoms. The molecule has 3 atom stereocenters. The van der Waals surface area contributed by atoms with Crippen LogP contribution in [-0.2, 0) is 9.59 Å². The van der Waals surface area contributed by atoms with Gasteiger partial charge < -0.3 is 16.0 Å². The van der Waals surface area contributed by atoms with E-state index in [-0.39, 0.29) is 29.5 Å². The van der Waals surface area contributed by atoms with E-state index in [1.807, 2.05) is 0 Å². The zero-order valence-corrected chi connectivity index (χ0v) is 13.0. The summed E-state index contributed by atoms with van der Waals surface area (Å²) in [7, 11) is 0. The van der Waals surface area contributed by atoms with Crippen molar-refractivity contribution in [2.75, 3.05) is 11.4 Å².